The molecule has 0 aliphatic rings. The summed E-state index contributed by atoms with van der Waals surface area (Å²) < 4.78 is 36.7. The third-order valence-corrected chi connectivity index (χ3v) is 16.3. The van der Waals surface area contributed by atoms with Gasteiger partial charge >= 0.3 is 35.8 Å². The van der Waals surface area contributed by atoms with E-state index >= 15 is 0 Å². The Morgan fingerprint density at radius 1 is 0.274 bits per heavy atom. The van der Waals surface area contributed by atoms with Crippen molar-refractivity contribution in [3.8, 4) is 34.5 Å². The Kier molecular flexibility index (Phi) is 26.9. The van der Waals surface area contributed by atoms with Crippen LogP contribution < -0.4 is 28.4 Å². The Balaban J connectivity index is 1.70. The highest BCUT2D eigenvalue weighted by molar-refractivity contribution is 5.76. The molecular formula is C71H84O24. The van der Waals surface area contributed by atoms with E-state index in [0.29, 0.717) is 89.0 Å². The van der Waals surface area contributed by atoms with Crippen LogP contribution in [0.15, 0.2) is 84.9 Å². The van der Waals surface area contributed by atoms with E-state index in [4.69, 9.17) is 28.4 Å². The van der Waals surface area contributed by atoms with E-state index in [1.165, 1.54) is 0 Å². The van der Waals surface area contributed by atoms with Gasteiger partial charge in [0.2, 0.25) is 0 Å². The molecule has 12 N–H and O–H groups in total. The van der Waals surface area contributed by atoms with Crippen LogP contribution in [-0.4, -0.2) is 173 Å². The fourth-order valence-corrected chi connectivity index (χ4v) is 11.3. The number of aryl methyl sites for hydroxylation is 8. The highest BCUT2D eigenvalue weighted by Gasteiger charge is 2.34. The Morgan fingerprint density at radius 3 is 0.663 bits per heavy atom. The van der Waals surface area contributed by atoms with Crippen LogP contribution in [-0.2, 0) is 35.2 Å². The van der Waals surface area contributed by atoms with Gasteiger partial charge in [0.05, 0.1) is 0 Å². The summed E-state index contributed by atoms with van der Waals surface area (Å²) in [6.45, 7) is 10.8. The topological polar surface area (TPSA) is 401 Å². The maximum absolute atomic E-state index is 12.9. The van der Waals surface area contributed by atoms with Crippen molar-refractivity contribution in [1.82, 2.24) is 0 Å². The summed E-state index contributed by atoms with van der Waals surface area (Å²) in [4.78, 5) is 75.0. The molecule has 6 aromatic rings. The van der Waals surface area contributed by atoms with E-state index in [9.17, 15) is 90.0 Å². The number of carboxylic acid groups (broad SMARTS) is 6. The van der Waals surface area contributed by atoms with Gasteiger partial charge in [0, 0.05) is 101 Å². The highest BCUT2D eigenvalue weighted by atomic mass is 16.5. The van der Waals surface area contributed by atoms with Gasteiger partial charge in [-0.15, -0.1) is 0 Å². The first-order valence-electron chi connectivity index (χ1n) is 30.8. The van der Waals surface area contributed by atoms with Crippen LogP contribution in [0.1, 0.15) is 139 Å². The summed E-state index contributed by atoms with van der Waals surface area (Å²) in [5.74, 6) is -8.93. The van der Waals surface area contributed by atoms with Gasteiger partial charge in [-0.05, 0) is 176 Å². The molecular weight excluding hydrogens is 1240 g/mol. The van der Waals surface area contributed by atoms with Crippen LogP contribution in [0.2, 0.25) is 0 Å². The molecule has 0 aliphatic heterocycles. The zero-order valence-corrected chi connectivity index (χ0v) is 54.2. The number of carbonyl (C=O) groups is 6. The summed E-state index contributed by atoms with van der Waals surface area (Å²) >= 11 is 0. The lowest BCUT2D eigenvalue weighted by molar-refractivity contribution is -0.146. The van der Waals surface area contributed by atoms with Crippen molar-refractivity contribution in [2.45, 2.75) is 149 Å². The number of aliphatic hydroxyl groups is 6. The second kappa shape index (κ2) is 34.2. The number of benzene rings is 6. The molecule has 24 heteroatoms. The molecule has 6 atom stereocenters. The predicted molar refractivity (Wildman–Crippen MR) is 344 cm³/mol. The van der Waals surface area contributed by atoms with Crippen LogP contribution >= 0.6 is 0 Å². The summed E-state index contributed by atoms with van der Waals surface area (Å²) in [7, 11) is 0. The number of aliphatic carboxylic acids is 6. The third kappa shape index (κ3) is 19.0. The number of hydrogen-bond donors (Lipinski definition) is 12. The molecule has 0 spiro atoms. The van der Waals surface area contributed by atoms with Crippen molar-refractivity contribution in [1.29, 1.82) is 0 Å². The lowest BCUT2D eigenvalue weighted by Gasteiger charge is -2.29. The van der Waals surface area contributed by atoms with Crippen LogP contribution in [0.3, 0.4) is 0 Å². The molecule has 0 saturated heterocycles. The number of hydrogen-bond acceptors (Lipinski definition) is 18. The van der Waals surface area contributed by atoms with Gasteiger partial charge in [-0.3, -0.25) is 0 Å². The molecule has 0 aliphatic carbocycles. The van der Waals surface area contributed by atoms with E-state index < -0.39 is 124 Å². The van der Waals surface area contributed by atoms with Gasteiger partial charge in [-0.1, -0.05) is 48.5 Å². The van der Waals surface area contributed by atoms with Crippen LogP contribution in [0.5, 0.6) is 34.5 Å². The van der Waals surface area contributed by atoms with E-state index in [0.717, 1.165) is 0 Å². The summed E-state index contributed by atoms with van der Waals surface area (Å²) in [5.41, 5.74) is 8.38. The van der Waals surface area contributed by atoms with Crippen LogP contribution in [0, 0.1) is 55.4 Å². The van der Waals surface area contributed by atoms with Crippen molar-refractivity contribution in [3.05, 3.63) is 174 Å². The van der Waals surface area contributed by atoms with Crippen LogP contribution in [0.25, 0.3) is 0 Å². The molecule has 0 radical (unpaired) electrons. The molecule has 0 aromatic heterocycles. The van der Waals surface area contributed by atoms with E-state index in [2.05, 4.69) is 0 Å². The van der Waals surface area contributed by atoms with E-state index in [-0.39, 0.29) is 79.4 Å². The highest BCUT2D eigenvalue weighted by Crippen LogP contribution is 2.47. The molecule has 6 rings (SSSR count). The fraction of sp³-hybridized carbons (Fsp3) is 0.408. The zero-order chi connectivity index (χ0) is 70.1. The maximum atomic E-state index is 12.9. The second-order valence-electron chi connectivity index (χ2n) is 23.4. The molecule has 0 bridgehead atoms. The van der Waals surface area contributed by atoms with Gasteiger partial charge < -0.3 is 89.7 Å². The van der Waals surface area contributed by atoms with Crippen molar-refractivity contribution < 1.29 is 118 Å². The molecule has 0 amide bonds. The van der Waals surface area contributed by atoms with Crippen molar-refractivity contribution in [2.24, 2.45) is 0 Å². The number of ether oxygens (including phenoxy) is 6. The van der Waals surface area contributed by atoms with Gasteiger partial charge in [-0.2, -0.15) is 0 Å². The summed E-state index contributed by atoms with van der Waals surface area (Å²) in [6.07, 6.45) is -10.3. The molecule has 6 aromatic carbocycles. The molecule has 0 fully saturated rings. The average Bonchev–Trinajstić information content (AvgIpc) is 0.767. The number of carboxylic acids is 6. The van der Waals surface area contributed by atoms with Crippen molar-refractivity contribution in [3.63, 3.8) is 0 Å². The maximum Gasteiger partial charge on any atom is 0.344 e. The lowest BCUT2D eigenvalue weighted by Crippen LogP contribution is -2.29. The number of rotatable bonds is 38. The molecule has 512 valence electrons. The Labute approximate surface area is 549 Å². The van der Waals surface area contributed by atoms with E-state index in [1.807, 2.05) is 12.1 Å². The SMILES string of the molecule is Cc1cc(C(c2cc(C)c(OC(CCO)C(=O)O)cc2C)c2cc(Cc3ccc(OC(CCO)C(=O)O)c(C(c4cc(C)c(OC(CCO)C(=O)O)cc4C)c4cc(C)c(OC(CCO)C(=O)O)cc4C)c3)ccc2OC(CCO)C(=O)O)c(C)cc1OC(CCO)C(=O)O. The number of aliphatic hydroxyl groups excluding tert-OH is 6. The lowest BCUT2D eigenvalue weighted by atomic mass is 9.78. The molecule has 6 unspecified atom stereocenters. The molecule has 0 saturated carbocycles. The van der Waals surface area contributed by atoms with Gasteiger partial charge in [0.25, 0.3) is 0 Å². The molecule has 95 heavy (non-hydrogen) atoms. The Morgan fingerprint density at radius 2 is 0.474 bits per heavy atom. The van der Waals surface area contributed by atoms with Crippen molar-refractivity contribution >= 4 is 35.8 Å². The smallest absolute Gasteiger partial charge is 0.344 e. The van der Waals surface area contributed by atoms with E-state index in [1.54, 1.807) is 128 Å². The zero-order valence-electron chi connectivity index (χ0n) is 54.2. The standard InChI is InChI=1S/C71H84O24/c1-36-29-60(92-56(15-21-74)68(82)83)40(5)25-46(36)64(47-26-41(6)61(30-37(47)2)93-57(16-22-75)69(84)85)50-34-44(9-11-52(50)90-54(13-19-72)66(78)79)33-45-10-12-53(91-55(14-20-73)67(80)81)51(35-45)65(48-27-42(7)62(31-38(48)3)94-58(17-23-76)70(86)87)49-28-43(8)63(32-39(49)4)95-59(18-24-77)71(88)89/h9-12,25-32,34-35,54-59,64-65,72-77H,13-24,33H2,1-8H3,(H,78,79)(H,80,81)(H,82,83)(H,84,85)(H,86,87)(H,88,89). The van der Waals surface area contributed by atoms with Crippen LogP contribution in [0.4, 0.5) is 0 Å². The Hall–Kier alpha value is -9.30. The first-order chi connectivity index (χ1) is 45.1. The second-order valence-corrected chi connectivity index (χ2v) is 23.4. The van der Waals surface area contributed by atoms with Gasteiger partial charge in [-0.25, -0.2) is 28.8 Å². The average molecular weight is 1320 g/mol. The monoisotopic (exact) mass is 1320 g/mol. The largest absolute Gasteiger partial charge is 0.479 e. The predicted octanol–water partition coefficient (Wildman–Crippen LogP) is 7.39. The fourth-order valence-electron chi connectivity index (χ4n) is 11.3. The van der Waals surface area contributed by atoms with Crippen molar-refractivity contribution in [2.75, 3.05) is 39.6 Å². The first-order valence-corrected chi connectivity index (χ1v) is 30.8. The molecule has 24 nitrogen and oxygen atoms in total. The molecule has 0 heterocycles. The third-order valence-electron chi connectivity index (χ3n) is 16.3. The Bertz CT molecular complexity index is 3320. The summed E-state index contributed by atoms with van der Waals surface area (Å²) in [6, 6.07) is 23.9. The minimum atomic E-state index is -1.58. The van der Waals surface area contributed by atoms with Gasteiger partial charge in [0.15, 0.2) is 36.6 Å². The summed E-state index contributed by atoms with van der Waals surface area (Å²) in [5, 5.41) is 120. The minimum absolute atomic E-state index is 0.0684. The van der Waals surface area contributed by atoms with Gasteiger partial charge in [0.1, 0.15) is 34.5 Å². The first kappa shape index (κ1) is 74.7. The normalized spacial score (nSPS) is 13.9. The minimum Gasteiger partial charge on any atom is -0.479 e. The quantitative estimate of drug-likeness (QED) is 0.0168.